The van der Waals surface area contributed by atoms with E-state index in [-0.39, 0.29) is 17.9 Å². The summed E-state index contributed by atoms with van der Waals surface area (Å²) in [6.07, 6.45) is -6.31. The Balaban J connectivity index is 2.27. The molecule has 0 saturated carbocycles. The average molecular weight is 301 g/mol. The van der Waals surface area contributed by atoms with E-state index in [2.05, 4.69) is 5.32 Å². The van der Waals surface area contributed by atoms with Crippen molar-refractivity contribution >= 4 is 23.2 Å². The van der Waals surface area contributed by atoms with Crippen LogP contribution in [0.5, 0.6) is 5.75 Å². The number of amides is 1. The number of hydrogen-bond acceptors (Lipinski definition) is 4. The highest BCUT2D eigenvalue weighted by atomic mass is 19.4. The fourth-order valence-electron chi connectivity index (χ4n) is 1.89. The molecule has 1 aromatic carbocycles. The van der Waals surface area contributed by atoms with Gasteiger partial charge in [-0.25, -0.2) is 0 Å². The summed E-state index contributed by atoms with van der Waals surface area (Å²) in [5, 5.41) is 2.46. The third-order valence-corrected chi connectivity index (χ3v) is 2.86. The van der Waals surface area contributed by atoms with Gasteiger partial charge in [0.1, 0.15) is 5.75 Å². The maximum absolute atomic E-state index is 12.2. The third-order valence-electron chi connectivity index (χ3n) is 2.86. The second-order valence-electron chi connectivity index (χ2n) is 4.53. The zero-order valence-electron chi connectivity index (χ0n) is 10.8. The van der Waals surface area contributed by atoms with E-state index in [1.54, 1.807) is 6.92 Å². The fraction of sp³-hybridized carbons (Fsp3) is 0.308. The molecule has 1 aliphatic rings. The maximum Gasteiger partial charge on any atom is 0.450 e. The Morgan fingerprint density at radius 1 is 1.33 bits per heavy atom. The number of hydrogen-bond donors (Lipinski definition) is 1. The lowest BCUT2D eigenvalue weighted by atomic mass is 10.0. The molecule has 1 amide bonds. The van der Waals surface area contributed by atoms with Crippen LogP contribution in [0.3, 0.4) is 0 Å². The van der Waals surface area contributed by atoms with E-state index in [1.807, 2.05) is 0 Å². The number of aryl methyl sites for hydroxylation is 1. The summed E-state index contributed by atoms with van der Waals surface area (Å²) in [6.45, 7) is 1.41. The number of halogens is 3. The first-order chi connectivity index (χ1) is 9.68. The summed E-state index contributed by atoms with van der Waals surface area (Å²) in [5.41, 5.74) is 0.596. The van der Waals surface area contributed by atoms with Crippen LogP contribution in [0.2, 0.25) is 0 Å². The quantitative estimate of drug-likeness (QED) is 0.685. The fourth-order valence-corrected chi connectivity index (χ4v) is 1.89. The van der Waals surface area contributed by atoms with Gasteiger partial charge in [0.25, 0.3) is 5.91 Å². The molecule has 0 fully saturated rings. The summed E-state index contributed by atoms with van der Waals surface area (Å²) in [4.78, 5) is 33.8. The molecule has 0 spiro atoms. The van der Waals surface area contributed by atoms with Gasteiger partial charge in [0.15, 0.2) is 12.4 Å². The van der Waals surface area contributed by atoms with E-state index in [0.29, 0.717) is 11.3 Å². The molecule has 0 aliphatic carbocycles. The van der Waals surface area contributed by atoms with Crippen LogP contribution in [0.4, 0.5) is 18.9 Å². The van der Waals surface area contributed by atoms with Crippen molar-refractivity contribution in [1.29, 1.82) is 0 Å². The SMILES string of the molecule is Cc1cc(C(=O)CC(=O)C(F)(F)F)cc2c1OCC(=O)N2. The number of nitrogens with one attached hydrogen (secondary N) is 1. The molecule has 8 heteroatoms. The van der Waals surface area contributed by atoms with Crippen molar-refractivity contribution in [2.45, 2.75) is 19.5 Å². The molecule has 0 aromatic heterocycles. The molecule has 0 unspecified atom stereocenters. The van der Waals surface area contributed by atoms with Crippen LogP contribution in [0, 0.1) is 6.92 Å². The summed E-state index contributed by atoms with van der Waals surface area (Å²) < 4.78 is 41.6. The van der Waals surface area contributed by atoms with Gasteiger partial charge in [0.05, 0.1) is 12.1 Å². The lowest BCUT2D eigenvalue weighted by molar-refractivity contribution is -0.170. The minimum Gasteiger partial charge on any atom is -0.481 e. The number of carbonyl (C=O) groups is 3. The van der Waals surface area contributed by atoms with E-state index < -0.39 is 30.1 Å². The Hall–Kier alpha value is -2.38. The number of ketones is 2. The van der Waals surface area contributed by atoms with Crippen LogP contribution in [0.25, 0.3) is 0 Å². The zero-order chi connectivity index (χ0) is 15.8. The van der Waals surface area contributed by atoms with Crippen LogP contribution >= 0.6 is 0 Å². The Bertz CT molecular complexity index is 637. The molecule has 21 heavy (non-hydrogen) atoms. The van der Waals surface area contributed by atoms with Crippen molar-refractivity contribution < 1.29 is 32.3 Å². The van der Waals surface area contributed by atoms with Gasteiger partial charge in [0, 0.05) is 5.56 Å². The Morgan fingerprint density at radius 3 is 2.62 bits per heavy atom. The standard InChI is InChI=1S/C13H10F3NO4/c1-6-2-7(9(18)4-10(19)13(14,15)16)3-8-12(6)21-5-11(20)17-8/h2-3H,4-5H2,1H3,(H,17,20). The van der Waals surface area contributed by atoms with Crippen LogP contribution in [-0.2, 0) is 9.59 Å². The Kier molecular flexibility index (Phi) is 3.71. The van der Waals surface area contributed by atoms with E-state index in [4.69, 9.17) is 4.74 Å². The van der Waals surface area contributed by atoms with E-state index in [1.165, 1.54) is 12.1 Å². The van der Waals surface area contributed by atoms with Crippen LogP contribution < -0.4 is 10.1 Å². The van der Waals surface area contributed by atoms with Crippen molar-refractivity contribution in [2.75, 3.05) is 11.9 Å². The Labute approximate surface area is 117 Å². The van der Waals surface area contributed by atoms with Gasteiger partial charge < -0.3 is 10.1 Å². The highest BCUT2D eigenvalue weighted by molar-refractivity contribution is 6.10. The topological polar surface area (TPSA) is 72.5 Å². The summed E-state index contributed by atoms with van der Waals surface area (Å²) in [6, 6.07) is 2.52. The van der Waals surface area contributed by atoms with E-state index in [0.717, 1.165) is 0 Å². The first-order valence-corrected chi connectivity index (χ1v) is 5.89. The normalized spacial score (nSPS) is 14.0. The van der Waals surface area contributed by atoms with Gasteiger partial charge in [-0.1, -0.05) is 0 Å². The number of anilines is 1. The molecular formula is C13H10F3NO4. The Morgan fingerprint density at radius 2 is 2.00 bits per heavy atom. The van der Waals surface area contributed by atoms with Crippen molar-refractivity contribution in [3.63, 3.8) is 0 Å². The summed E-state index contributed by atoms with van der Waals surface area (Å²) >= 11 is 0. The largest absolute Gasteiger partial charge is 0.481 e. The van der Waals surface area contributed by atoms with Crippen molar-refractivity contribution in [1.82, 2.24) is 0 Å². The van der Waals surface area contributed by atoms with Gasteiger partial charge in [-0.05, 0) is 24.6 Å². The van der Waals surface area contributed by atoms with Crippen molar-refractivity contribution in [3.8, 4) is 5.75 Å². The second kappa shape index (κ2) is 5.19. The number of carbonyl (C=O) groups excluding carboxylic acids is 3. The van der Waals surface area contributed by atoms with Crippen LogP contribution in [-0.4, -0.2) is 30.3 Å². The lowest BCUT2D eigenvalue weighted by Crippen LogP contribution is -2.27. The number of benzene rings is 1. The number of ether oxygens (including phenoxy) is 1. The second-order valence-corrected chi connectivity index (χ2v) is 4.53. The van der Waals surface area contributed by atoms with Crippen LogP contribution in [0.1, 0.15) is 22.3 Å². The highest BCUT2D eigenvalue weighted by Crippen LogP contribution is 2.33. The zero-order valence-corrected chi connectivity index (χ0v) is 10.8. The number of fused-ring (bicyclic) bond motifs is 1. The molecule has 1 aromatic rings. The third kappa shape index (κ3) is 3.21. The molecule has 2 rings (SSSR count). The minimum absolute atomic E-state index is 0.0883. The molecule has 0 bridgehead atoms. The van der Waals surface area contributed by atoms with E-state index >= 15 is 0 Å². The van der Waals surface area contributed by atoms with Crippen LogP contribution in [0.15, 0.2) is 12.1 Å². The molecule has 1 N–H and O–H groups in total. The molecule has 0 radical (unpaired) electrons. The van der Waals surface area contributed by atoms with Gasteiger partial charge in [-0.3, -0.25) is 14.4 Å². The maximum atomic E-state index is 12.2. The van der Waals surface area contributed by atoms with Gasteiger partial charge >= 0.3 is 6.18 Å². The lowest BCUT2D eigenvalue weighted by Gasteiger charge is -2.20. The molecule has 0 saturated heterocycles. The molecule has 1 aliphatic heterocycles. The molecular weight excluding hydrogens is 291 g/mol. The first kappa shape index (κ1) is 15.0. The molecule has 0 atom stereocenters. The average Bonchev–Trinajstić information content (AvgIpc) is 2.36. The monoisotopic (exact) mass is 301 g/mol. The van der Waals surface area contributed by atoms with Gasteiger partial charge in [-0.15, -0.1) is 0 Å². The smallest absolute Gasteiger partial charge is 0.450 e. The number of alkyl halides is 3. The predicted octanol–water partition coefficient (Wildman–Crippen LogP) is 2.03. The van der Waals surface area contributed by atoms with E-state index in [9.17, 15) is 27.6 Å². The van der Waals surface area contributed by atoms with Crippen molar-refractivity contribution in [2.24, 2.45) is 0 Å². The summed E-state index contributed by atoms with van der Waals surface area (Å²) in [5.74, 6) is -3.16. The molecule has 112 valence electrons. The number of rotatable bonds is 3. The summed E-state index contributed by atoms with van der Waals surface area (Å²) in [7, 11) is 0. The van der Waals surface area contributed by atoms with Gasteiger partial charge in [0.2, 0.25) is 5.78 Å². The molecule has 5 nitrogen and oxygen atoms in total. The highest BCUT2D eigenvalue weighted by Gasteiger charge is 2.39. The predicted molar refractivity (Wildman–Crippen MR) is 65.3 cm³/mol. The molecule has 1 heterocycles. The minimum atomic E-state index is -5.05. The van der Waals surface area contributed by atoms with Gasteiger partial charge in [-0.2, -0.15) is 13.2 Å². The first-order valence-electron chi connectivity index (χ1n) is 5.89. The van der Waals surface area contributed by atoms with Crippen molar-refractivity contribution in [3.05, 3.63) is 23.3 Å². The number of Topliss-reactive ketones (excluding diaryl/α,β-unsaturated/α-hetero) is 2.